The summed E-state index contributed by atoms with van der Waals surface area (Å²) < 4.78 is 5.89. The Bertz CT molecular complexity index is 396. The minimum Gasteiger partial charge on any atom is -0.493 e. The number of benzene rings is 1. The van der Waals surface area contributed by atoms with E-state index in [1.54, 1.807) is 18.2 Å². The molecule has 22 heavy (non-hydrogen) atoms. The second-order valence-electron chi connectivity index (χ2n) is 6.11. The Kier molecular flexibility index (Phi) is 10.0. The van der Waals surface area contributed by atoms with E-state index in [1.165, 1.54) is 51.4 Å². The molecule has 0 saturated carbocycles. The maximum Gasteiger partial charge on any atom is 0.488 e. The van der Waals surface area contributed by atoms with Crippen molar-refractivity contribution in [2.75, 3.05) is 6.61 Å². The van der Waals surface area contributed by atoms with Crippen LogP contribution < -0.4 is 10.2 Å². The van der Waals surface area contributed by atoms with E-state index in [0.29, 0.717) is 11.4 Å². The van der Waals surface area contributed by atoms with Gasteiger partial charge >= 0.3 is 7.12 Å². The van der Waals surface area contributed by atoms with Crippen molar-refractivity contribution in [1.29, 1.82) is 0 Å². The van der Waals surface area contributed by atoms with Crippen LogP contribution in [-0.2, 0) is 0 Å². The summed E-state index contributed by atoms with van der Waals surface area (Å²) >= 11 is 0. The Labute approximate surface area is 135 Å². The lowest BCUT2D eigenvalue weighted by molar-refractivity contribution is 0.225. The first kappa shape index (κ1) is 19.1. The van der Waals surface area contributed by atoms with Gasteiger partial charge in [-0.2, -0.15) is 0 Å². The number of hydrogen-bond acceptors (Lipinski definition) is 3. The van der Waals surface area contributed by atoms with Crippen LogP contribution in [0, 0.1) is 5.92 Å². The predicted molar refractivity (Wildman–Crippen MR) is 93.5 cm³/mol. The fourth-order valence-electron chi connectivity index (χ4n) is 2.64. The minimum atomic E-state index is -1.44. The second-order valence-corrected chi connectivity index (χ2v) is 6.11. The van der Waals surface area contributed by atoms with Crippen molar-refractivity contribution >= 4 is 12.6 Å². The lowest BCUT2D eigenvalue weighted by atomic mass is 9.80. The van der Waals surface area contributed by atoms with Crippen molar-refractivity contribution in [3.8, 4) is 5.75 Å². The van der Waals surface area contributed by atoms with E-state index < -0.39 is 7.12 Å². The van der Waals surface area contributed by atoms with Crippen LogP contribution in [0.3, 0.4) is 0 Å². The van der Waals surface area contributed by atoms with Gasteiger partial charge in [0.1, 0.15) is 5.75 Å². The molecular weight excluding hydrogens is 275 g/mol. The van der Waals surface area contributed by atoms with Crippen molar-refractivity contribution in [1.82, 2.24) is 0 Å². The van der Waals surface area contributed by atoms with Gasteiger partial charge in [0.15, 0.2) is 0 Å². The molecule has 4 heteroatoms. The predicted octanol–water partition coefficient (Wildman–Crippen LogP) is 3.52. The van der Waals surface area contributed by atoms with Crippen LogP contribution in [-0.4, -0.2) is 23.8 Å². The Morgan fingerprint density at radius 1 is 1.00 bits per heavy atom. The highest BCUT2D eigenvalue weighted by atomic mass is 16.5. The smallest absolute Gasteiger partial charge is 0.488 e. The highest BCUT2D eigenvalue weighted by Gasteiger charge is 2.13. The average Bonchev–Trinajstić information content (AvgIpc) is 2.53. The number of rotatable bonds is 12. The molecule has 0 fully saturated rings. The SMILES string of the molecule is CCCCCCC(CCCC)COc1cccc(B(O)O)c1. The van der Waals surface area contributed by atoms with Crippen LogP contribution >= 0.6 is 0 Å². The highest BCUT2D eigenvalue weighted by Crippen LogP contribution is 2.19. The van der Waals surface area contributed by atoms with E-state index in [-0.39, 0.29) is 0 Å². The van der Waals surface area contributed by atoms with Gasteiger partial charge in [0.05, 0.1) is 6.61 Å². The summed E-state index contributed by atoms with van der Waals surface area (Å²) in [5.74, 6) is 1.32. The van der Waals surface area contributed by atoms with Crippen LogP contribution in [0.1, 0.15) is 65.2 Å². The van der Waals surface area contributed by atoms with Gasteiger partial charge in [-0.05, 0) is 36.4 Å². The summed E-state index contributed by atoms with van der Waals surface area (Å²) in [4.78, 5) is 0. The minimum absolute atomic E-state index is 0.477. The first-order valence-corrected chi connectivity index (χ1v) is 8.76. The first-order valence-electron chi connectivity index (χ1n) is 8.76. The van der Waals surface area contributed by atoms with Crippen molar-refractivity contribution in [3.63, 3.8) is 0 Å². The van der Waals surface area contributed by atoms with Gasteiger partial charge in [0.25, 0.3) is 0 Å². The summed E-state index contributed by atoms with van der Waals surface area (Å²) in [6.07, 6.45) is 10.1. The monoisotopic (exact) mass is 306 g/mol. The zero-order valence-corrected chi connectivity index (χ0v) is 14.1. The molecule has 124 valence electrons. The fraction of sp³-hybridized carbons (Fsp3) is 0.667. The molecule has 1 atom stereocenters. The average molecular weight is 306 g/mol. The van der Waals surface area contributed by atoms with Gasteiger partial charge in [-0.1, -0.05) is 64.5 Å². The summed E-state index contributed by atoms with van der Waals surface area (Å²) in [6.45, 7) is 5.18. The molecule has 0 aliphatic carbocycles. The zero-order valence-electron chi connectivity index (χ0n) is 14.1. The molecule has 0 amide bonds. The number of hydrogen-bond donors (Lipinski definition) is 2. The quantitative estimate of drug-likeness (QED) is 0.459. The van der Waals surface area contributed by atoms with Gasteiger partial charge in [-0.15, -0.1) is 0 Å². The Hall–Kier alpha value is -0.995. The molecule has 2 N–H and O–H groups in total. The molecule has 0 aliphatic rings. The van der Waals surface area contributed by atoms with Gasteiger partial charge in [0, 0.05) is 0 Å². The second kappa shape index (κ2) is 11.6. The third-order valence-electron chi connectivity index (χ3n) is 4.07. The number of unbranched alkanes of at least 4 members (excludes halogenated alkanes) is 4. The van der Waals surface area contributed by atoms with Crippen LogP contribution in [0.25, 0.3) is 0 Å². The normalized spacial score (nSPS) is 12.2. The van der Waals surface area contributed by atoms with E-state index in [9.17, 15) is 10.0 Å². The molecule has 0 aromatic heterocycles. The largest absolute Gasteiger partial charge is 0.493 e. The summed E-state index contributed by atoms with van der Waals surface area (Å²) in [5, 5.41) is 18.4. The third-order valence-corrected chi connectivity index (χ3v) is 4.07. The first-order chi connectivity index (χ1) is 10.7. The van der Waals surface area contributed by atoms with Crippen molar-refractivity contribution in [2.24, 2.45) is 5.92 Å². The molecule has 1 aromatic rings. The molecule has 1 unspecified atom stereocenters. The summed E-state index contributed by atoms with van der Waals surface area (Å²) in [7, 11) is -1.44. The Morgan fingerprint density at radius 2 is 1.73 bits per heavy atom. The Balaban J connectivity index is 2.45. The maximum atomic E-state index is 9.21. The molecule has 0 radical (unpaired) electrons. The maximum absolute atomic E-state index is 9.21. The number of ether oxygens (including phenoxy) is 1. The van der Waals surface area contributed by atoms with Crippen LogP contribution in [0.15, 0.2) is 24.3 Å². The molecule has 0 saturated heterocycles. The lowest BCUT2D eigenvalue weighted by Crippen LogP contribution is -2.29. The molecule has 1 rings (SSSR count). The summed E-state index contributed by atoms with van der Waals surface area (Å²) in [5.41, 5.74) is 0.477. The topological polar surface area (TPSA) is 49.7 Å². The van der Waals surface area contributed by atoms with E-state index in [1.807, 2.05) is 6.07 Å². The fourth-order valence-corrected chi connectivity index (χ4v) is 2.64. The molecule has 0 bridgehead atoms. The van der Waals surface area contributed by atoms with E-state index in [2.05, 4.69) is 13.8 Å². The van der Waals surface area contributed by atoms with Crippen molar-refractivity contribution < 1.29 is 14.8 Å². The van der Waals surface area contributed by atoms with Crippen LogP contribution in [0.2, 0.25) is 0 Å². The highest BCUT2D eigenvalue weighted by molar-refractivity contribution is 6.58. The van der Waals surface area contributed by atoms with Gasteiger partial charge in [0.2, 0.25) is 0 Å². The molecule has 0 aliphatic heterocycles. The van der Waals surface area contributed by atoms with Gasteiger partial charge in [-0.3, -0.25) is 0 Å². The van der Waals surface area contributed by atoms with Gasteiger partial charge < -0.3 is 14.8 Å². The van der Waals surface area contributed by atoms with Crippen molar-refractivity contribution in [2.45, 2.75) is 65.2 Å². The molecular formula is C18H31BO3. The third kappa shape index (κ3) is 7.86. The van der Waals surface area contributed by atoms with Crippen LogP contribution in [0.5, 0.6) is 5.75 Å². The van der Waals surface area contributed by atoms with E-state index >= 15 is 0 Å². The lowest BCUT2D eigenvalue weighted by Gasteiger charge is -2.18. The molecule has 3 nitrogen and oxygen atoms in total. The zero-order chi connectivity index (χ0) is 16.2. The standard InChI is InChI=1S/C18H31BO3/c1-3-5-7-8-11-16(10-6-4-2)15-22-18-13-9-12-17(14-18)19(20)21/h9,12-14,16,20-21H,3-8,10-11,15H2,1-2H3. The molecule has 1 aromatic carbocycles. The van der Waals surface area contributed by atoms with Crippen LogP contribution in [0.4, 0.5) is 0 Å². The Morgan fingerprint density at radius 3 is 2.41 bits per heavy atom. The summed E-state index contributed by atoms with van der Waals surface area (Å²) in [6, 6.07) is 7.07. The molecule has 0 spiro atoms. The molecule has 0 heterocycles. The van der Waals surface area contributed by atoms with E-state index in [0.717, 1.165) is 12.4 Å². The van der Waals surface area contributed by atoms with Crippen molar-refractivity contribution in [3.05, 3.63) is 24.3 Å². The van der Waals surface area contributed by atoms with E-state index in [4.69, 9.17) is 4.74 Å². The van der Waals surface area contributed by atoms with Gasteiger partial charge in [-0.25, -0.2) is 0 Å².